The van der Waals surface area contributed by atoms with Gasteiger partial charge in [0.25, 0.3) is 0 Å². The van der Waals surface area contributed by atoms with Gasteiger partial charge in [-0.1, -0.05) is 53.7 Å². The van der Waals surface area contributed by atoms with Gasteiger partial charge in [-0.05, 0) is 24.6 Å². The van der Waals surface area contributed by atoms with Crippen LogP contribution in [0.3, 0.4) is 0 Å². The van der Waals surface area contributed by atoms with Crippen molar-refractivity contribution < 1.29 is 14.1 Å². The summed E-state index contributed by atoms with van der Waals surface area (Å²) in [6.07, 6.45) is 0.415. The number of para-hydroxylation sites is 1. The Kier molecular flexibility index (Phi) is 6.40. The second-order valence-corrected chi connectivity index (χ2v) is 5.96. The third kappa shape index (κ3) is 5.85. The number of rotatable bonds is 8. The third-order valence-corrected chi connectivity index (χ3v) is 3.86. The number of aromatic nitrogens is 2. The molecule has 3 aromatic rings. The maximum Gasteiger partial charge on any atom is 0.315 e. The minimum absolute atomic E-state index is 0.277. The van der Waals surface area contributed by atoms with Crippen molar-refractivity contribution in [3.63, 3.8) is 0 Å². The molecule has 140 valence electrons. The summed E-state index contributed by atoms with van der Waals surface area (Å²) in [4.78, 5) is 16.5. The number of hydrogen-bond donors (Lipinski definition) is 2. The van der Waals surface area contributed by atoms with Crippen molar-refractivity contribution in [2.24, 2.45) is 0 Å². The van der Waals surface area contributed by atoms with Crippen LogP contribution in [-0.4, -0.2) is 29.3 Å². The number of urea groups is 1. The number of carbonyl (C=O) groups is 1. The fourth-order valence-corrected chi connectivity index (χ4v) is 2.59. The SMILES string of the molecule is Cc1noc(CC(NC(=O)NCCOc2ccccc2)c2ccccc2)n1. The summed E-state index contributed by atoms with van der Waals surface area (Å²) in [6, 6.07) is 18.6. The Bertz CT molecular complexity index is 837. The highest BCUT2D eigenvalue weighted by Crippen LogP contribution is 2.17. The quantitative estimate of drug-likeness (QED) is 0.598. The molecule has 2 aromatic carbocycles. The maximum absolute atomic E-state index is 12.3. The van der Waals surface area contributed by atoms with Gasteiger partial charge in [0.15, 0.2) is 5.82 Å². The van der Waals surface area contributed by atoms with Crippen LogP contribution >= 0.6 is 0 Å². The summed E-state index contributed by atoms with van der Waals surface area (Å²) in [7, 11) is 0. The standard InChI is InChI=1S/C20H22N4O3/c1-15-22-19(27-24-15)14-18(16-8-4-2-5-9-16)23-20(25)21-12-13-26-17-10-6-3-7-11-17/h2-11,18H,12-14H2,1H3,(H2,21,23,25). The van der Waals surface area contributed by atoms with Gasteiger partial charge in [-0.15, -0.1) is 0 Å². The Morgan fingerprint density at radius 2 is 1.81 bits per heavy atom. The Morgan fingerprint density at radius 1 is 1.11 bits per heavy atom. The van der Waals surface area contributed by atoms with Gasteiger partial charge in [0, 0.05) is 0 Å². The number of amides is 2. The van der Waals surface area contributed by atoms with E-state index in [2.05, 4.69) is 20.8 Å². The van der Waals surface area contributed by atoms with E-state index in [0.29, 0.717) is 31.3 Å². The van der Waals surface area contributed by atoms with Crippen LogP contribution in [0.4, 0.5) is 4.79 Å². The minimum Gasteiger partial charge on any atom is -0.492 e. The van der Waals surface area contributed by atoms with Gasteiger partial charge in [0.1, 0.15) is 12.4 Å². The summed E-state index contributed by atoms with van der Waals surface area (Å²) in [6.45, 7) is 2.54. The van der Waals surface area contributed by atoms with Crippen LogP contribution in [0.5, 0.6) is 5.75 Å². The van der Waals surface area contributed by atoms with E-state index in [1.165, 1.54) is 0 Å². The fourth-order valence-electron chi connectivity index (χ4n) is 2.59. The number of nitrogens with zero attached hydrogens (tertiary/aromatic N) is 2. The van der Waals surface area contributed by atoms with Crippen LogP contribution in [0.15, 0.2) is 65.2 Å². The number of carbonyl (C=O) groups excluding carboxylic acids is 1. The Balaban J connectivity index is 1.52. The lowest BCUT2D eigenvalue weighted by Crippen LogP contribution is -2.40. The number of aryl methyl sites for hydroxylation is 1. The zero-order valence-electron chi connectivity index (χ0n) is 15.1. The Labute approximate surface area is 157 Å². The van der Waals surface area contributed by atoms with Crippen LogP contribution in [0.25, 0.3) is 0 Å². The molecular weight excluding hydrogens is 344 g/mol. The average molecular weight is 366 g/mol. The van der Waals surface area contributed by atoms with Crippen molar-refractivity contribution in [1.29, 1.82) is 0 Å². The molecule has 0 fully saturated rings. The summed E-state index contributed by atoms with van der Waals surface area (Å²) in [5.74, 6) is 1.82. The molecule has 0 spiro atoms. The largest absolute Gasteiger partial charge is 0.492 e. The smallest absolute Gasteiger partial charge is 0.315 e. The molecule has 0 radical (unpaired) electrons. The van der Waals surface area contributed by atoms with Gasteiger partial charge in [0.05, 0.1) is 19.0 Å². The minimum atomic E-state index is -0.281. The normalized spacial score (nSPS) is 11.6. The van der Waals surface area contributed by atoms with E-state index in [1.54, 1.807) is 6.92 Å². The summed E-state index contributed by atoms with van der Waals surface area (Å²) >= 11 is 0. The summed E-state index contributed by atoms with van der Waals surface area (Å²) in [5, 5.41) is 9.56. The van der Waals surface area contributed by atoms with Crippen LogP contribution < -0.4 is 15.4 Å². The van der Waals surface area contributed by atoms with Gasteiger partial charge in [-0.25, -0.2) is 4.79 Å². The molecule has 27 heavy (non-hydrogen) atoms. The number of ether oxygens (including phenoxy) is 1. The number of nitrogens with one attached hydrogen (secondary N) is 2. The molecule has 1 atom stereocenters. The molecule has 0 saturated heterocycles. The first-order chi connectivity index (χ1) is 13.2. The van der Waals surface area contributed by atoms with Gasteiger partial charge < -0.3 is 19.9 Å². The fraction of sp³-hybridized carbons (Fsp3) is 0.250. The highest BCUT2D eigenvalue weighted by atomic mass is 16.5. The summed E-state index contributed by atoms with van der Waals surface area (Å²) < 4.78 is 10.8. The lowest BCUT2D eigenvalue weighted by molar-refractivity contribution is 0.231. The molecule has 7 heteroatoms. The van der Waals surface area contributed by atoms with Crippen molar-refractivity contribution in [3.8, 4) is 5.75 Å². The molecular formula is C20H22N4O3. The van der Waals surface area contributed by atoms with Gasteiger partial charge in [0.2, 0.25) is 5.89 Å². The molecule has 1 heterocycles. The predicted molar refractivity (Wildman–Crippen MR) is 100 cm³/mol. The molecule has 3 rings (SSSR count). The van der Waals surface area contributed by atoms with Crippen molar-refractivity contribution in [2.75, 3.05) is 13.2 Å². The van der Waals surface area contributed by atoms with E-state index in [0.717, 1.165) is 11.3 Å². The topological polar surface area (TPSA) is 89.3 Å². The Hall–Kier alpha value is -3.35. The number of hydrogen-bond acceptors (Lipinski definition) is 5. The van der Waals surface area contributed by atoms with E-state index < -0.39 is 0 Å². The van der Waals surface area contributed by atoms with Crippen LogP contribution in [0, 0.1) is 6.92 Å². The molecule has 1 aromatic heterocycles. The lowest BCUT2D eigenvalue weighted by atomic mass is 10.0. The molecule has 2 N–H and O–H groups in total. The zero-order valence-corrected chi connectivity index (χ0v) is 15.1. The van der Waals surface area contributed by atoms with E-state index in [1.807, 2.05) is 60.7 Å². The van der Waals surface area contributed by atoms with E-state index in [-0.39, 0.29) is 12.1 Å². The zero-order chi connectivity index (χ0) is 18.9. The average Bonchev–Trinajstić information content (AvgIpc) is 3.11. The van der Waals surface area contributed by atoms with Crippen LogP contribution in [0.1, 0.15) is 23.3 Å². The maximum atomic E-state index is 12.3. The Morgan fingerprint density at radius 3 is 2.48 bits per heavy atom. The van der Waals surface area contributed by atoms with Crippen molar-refractivity contribution >= 4 is 6.03 Å². The lowest BCUT2D eigenvalue weighted by Gasteiger charge is -2.18. The molecule has 0 aliphatic rings. The number of benzene rings is 2. The van der Waals surface area contributed by atoms with Crippen molar-refractivity contribution in [2.45, 2.75) is 19.4 Å². The molecule has 0 aliphatic carbocycles. The first-order valence-corrected chi connectivity index (χ1v) is 8.77. The van der Waals surface area contributed by atoms with Gasteiger partial charge >= 0.3 is 6.03 Å². The second kappa shape index (κ2) is 9.38. The monoisotopic (exact) mass is 366 g/mol. The molecule has 1 unspecified atom stereocenters. The molecule has 0 saturated carbocycles. The highest BCUT2D eigenvalue weighted by Gasteiger charge is 2.18. The van der Waals surface area contributed by atoms with E-state index in [9.17, 15) is 4.79 Å². The van der Waals surface area contributed by atoms with Gasteiger partial charge in [-0.2, -0.15) is 4.98 Å². The second-order valence-electron chi connectivity index (χ2n) is 5.96. The molecule has 0 bridgehead atoms. The van der Waals surface area contributed by atoms with E-state index >= 15 is 0 Å². The highest BCUT2D eigenvalue weighted by molar-refractivity contribution is 5.74. The van der Waals surface area contributed by atoms with Crippen molar-refractivity contribution in [1.82, 2.24) is 20.8 Å². The molecule has 7 nitrogen and oxygen atoms in total. The predicted octanol–water partition coefficient (Wildman–Crippen LogP) is 3.04. The molecule has 2 amide bonds. The van der Waals surface area contributed by atoms with E-state index in [4.69, 9.17) is 9.26 Å². The molecule has 0 aliphatic heterocycles. The van der Waals surface area contributed by atoms with Crippen LogP contribution in [0.2, 0.25) is 0 Å². The first kappa shape index (κ1) is 18.4. The third-order valence-electron chi connectivity index (χ3n) is 3.86. The van der Waals surface area contributed by atoms with Gasteiger partial charge in [-0.3, -0.25) is 0 Å². The van der Waals surface area contributed by atoms with Crippen LogP contribution in [-0.2, 0) is 6.42 Å². The van der Waals surface area contributed by atoms with Crippen molar-refractivity contribution in [3.05, 3.63) is 77.9 Å². The summed E-state index contributed by atoms with van der Waals surface area (Å²) in [5.41, 5.74) is 0.962. The first-order valence-electron chi connectivity index (χ1n) is 8.77.